The summed E-state index contributed by atoms with van der Waals surface area (Å²) in [5.41, 5.74) is 1.28. The highest BCUT2D eigenvalue weighted by Crippen LogP contribution is 2.29. The number of nitrogens with one attached hydrogen (secondary N) is 1. The molecule has 0 aromatic heterocycles. The van der Waals surface area contributed by atoms with Crippen molar-refractivity contribution in [2.75, 3.05) is 32.8 Å². The van der Waals surface area contributed by atoms with Crippen molar-refractivity contribution >= 4 is 5.91 Å². The molecule has 4 nitrogen and oxygen atoms in total. The van der Waals surface area contributed by atoms with Crippen molar-refractivity contribution in [1.29, 1.82) is 0 Å². The largest absolute Gasteiger partial charge is 0.378 e. The topological polar surface area (TPSA) is 41.6 Å². The fourth-order valence-corrected chi connectivity index (χ4v) is 3.38. The highest BCUT2D eigenvalue weighted by Gasteiger charge is 2.29. The van der Waals surface area contributed by atoms with Crippen LogP contribution in [0.2, 0.25) is 0 Å². The van der Waals surface area contributed by atoms with Crippen molar-refractivity contribution in [3.05, 3.63) is 35.9 Å². The summed E-state index contributed by atoms with van der Waals surface area (Å²) < 4.78 is 5.33. The molecule has 4 heteroatoms. The monoisotopic (exact) mass is 288 g/mol. The average Bonchev–Trinajstić information content (AvgIpc) is 3.08. The normalized spacial score (nSPS) is 24.0. The van der Waals surface area contributed by atoms with E-state index in [2.05, 4.69) is 29.6 Å². The molecule has 2 aliphatic heterocycles. The summed E-state index contributed by atoms with van der Waals surface area (Å²) in [4.78, 5) is 14.5. The molecule has 0 unspecified atom stereocenters. The van der Waals surface area contributed by atoms with Crippen molar-refractivity contribution in [3.8, 4) is 0 Å². The van der Waals surface area contributed by atoms with Crippen LogP contribution in [0, 0.1) is 0 Å². The van der Waals surface area contributed by atoms with Crippen LogP contribution >= 0.6 is 0 Å². The molecule has 0 saturated carbocycles. The van der Waals surface area contributed by atoms with Crippen LogP contribution in [0.3, 0.4) is 0 Å². The first-order valence-electron chi connectivity index (χ1n) is 7.98. The summed E-state index contributed by atoms with van der Waals surface area (Å²) in [6.07, 6.45) is 2.97. The molecule has 2 fully saturated rings. The number of benzene rings is 1. The number of carbonyl (C=O) groups excluding carboxylic acids is 1. The Hall–Kier alpha value is -1.39. The van der Waals surface area contributed by atoms with E-state index in [1.54, 1.807) is 0 Å². The molecule has 2 atom stereocenters. The molecule has 0 radical (unpaired) electrons. The molecule has 1 amide bonds. The minimum Gasteiger partial charge on any atom is -0.378 e. The highest BCUT2D eigenvalue weighted by atomic mass is 16.5. The number of rotatable bonds is 4. The van der Waals surface area contributed by atoms with Gasteiger partial charge in [-0.15, -0.1) is 0 Å². The van der Waals surface area contributed by atoms with Gasteiger partial charge in [-0.05, 0) is 24.9 Å². The number of amides is 1. The highest BCUT2D eigenvalue weighted by molar-refractivity contribution is 5.77. The van der Waals surface area contributed by atoms with E-state index < -0.39 is 0 Å². The molecule has 114 valence electrons. The molecule has 3 rings (SSSR count). The fraction of sp³-hybridized carbons (Fsp3) is 0.588. The van der Waals surface area contributed by atoms with Gasteiger partial charge in [-0.3, -0.25) is 4.79 Å². The molecule has 1 aromatic rings. The number of carbonyl (C=O) groups is 1. The lowest BCUT2D eigenvalue weighted by atomic mass is 9.87. The van der Waals surface area contributed by atoms with Gasteiger partial charge in [-0.2, -0.15) is 0 Å². The average molecular weight is 288 g/mol. The number of ether oxygens (including phenoxy) is 1. The van der Waals surface area contributed by atoms with Crippen molar-refractivity contribution < 1.29 is 9.53 Å². The Bertz CT molecular complexity index is 451. The van der Waals surface area contributed by atoms with Crippen molar-refractivity contribution in [2.45, 2.75) is 31.2 Å². The van der Waals surface area contributed by atoms with Crippen LogP contribution in [0.25, 0.3) is 0 Å². The van der Waals surface area contributed by atoms with E-state index in [1.807, 2.05) is 11.0 Å². The van der Waals surface area contributed by atoms with E-state index in [9.17, 15) is 4.79 Å². The van der Waals surface area contributed by atoms with E-state index in [-0.39, 0.29) is 11.8 Å². The van der Waals surface area contributed by atoms with Gasteiger partial charge in [0.2, 0.25) is 5.91 Å². The van der Waals surface area contributed by atoms with Gasteiger partial charge in [0.15, 0.2) is 0 Å². The lowest BCUT2D eigenvalue weighted by molar-refractivity contribution is -0.135. The Morgan fingerprint density at radius 2 is 2.05 bits per heavy atom. The third-order valence-corrected chi connectivity index (χ3v) is 4.57. The molecular formula is C17H24N2O2. The molecule has 2 heterocycles. The van der Waals surface area contributed by atoms with Gasteiger partial charge in [0.1, 0.15) is 0 Å². The van der Waals surface area contributed by atoms with Gasteiger partial charge >= 0.3 is 0 Å². The lowest BCUT2D eigenvalue weighted by Gasteiger charge is -2.30. The Morgan fingerprint density at radius 3 is 2.71 bits per heavy atom. The molecule has 0 bridgehead atoms. The maximum atomic E-state index is 12.6. The maximum Gasteiger partial charge on any atom is 0.223 e. The van der Waals surface area contributed by atoms with E-state index in [0.29, 0.717) is 25.7 Å². The van der Waals surface area contributed by atoms with Crippen LogP contribution in [-0.2, 0) is 9.53 Å². The van der Waals surface area contributed by atoms with Crippen LogP contribution in [0.4, 0.5) is 0 Å². The Balaban J connectivity index is 1.71. The van der Waals surface area contributed by atoms with Gasteiger partial charge in [0.05, 0.1) is 13.2 Å². The summed E-state index contributed by atoms with van der Waals surface area (Å²) >= 11 is 0. The zero-order valence-electron chi connectivity index (χ0n) is 12.5. The summed E-state index contributed by atoms with van der Waals surface area (Å²) in [6.45, 7) is 3.88. The van der Waals surface area contributed by atoms with E-state index in [0.717, 1.165) is 26.1 Å². The Morgan fingerprint density at radius 1 is 1.29 bits per heavy atom. The van der Waals surface area contributed by atoms with Crippen LogP contribution in [-0.4, -0.2) is 49.7 Å². The summed E-state index contributed by atoms with van der Waals surface area (Å²) in [6, 6.07) is 10.9. The Labute approximate surface area is 126 Å². The quantitative estimate of drug-likeness (QED) is 0.918. The molecular weight excluding hydrogens is 264 g/mol. The number of hydrogen-bond donors (Lipinski definition) is 1. The fourth-order valence-electron chi connectivity index (χ4n) is 3.38. The van der Waals surface area contributed by atoms with Crippen molar-refractivity contribution in [1.82, 2.24) is 10.2 Å². The molecule has 1 N–H and O–H groups in total. The summed E-state index contributed by atoms with van der Waals surface area (Å²) in [5, 5.41) is 3.57. The van der Waals surface area contributed by atoms with Crippen LogP contribution in [0.1, 0.15) is 30.7 Å². The van der Waals surface area contributed by atoms with Crippen molar-refractivity contribution in [2.24, 2.45) is 0 Å². The zero-order chi connectivity index (χ0) is 14.5. The van der Waals surface area contributed by atoms with Gasteiger partial charge in [0, 0.05) is 31.5 Å². The standard InChI is InChI=1S/C17H24N2O2/c20-17(19-9-11-21-12-10-19)13-15(16-7-4-8-18-16)14-5-2-1-3-6-14/h1-3,5-6,15-16,18H,4,7-13H2/t15-,16-/m0/s1. The van der Waals surface area contributed by atoms with Gasteiger partial charge in [-0.1, -0.05) is 30.3 Å². The SMILES string of the molecule is O=C(C[C@@H](c1ccccc1)[C@@H]1CCCN1)N1CCOCC1. The summed E-state index contributed by atoms with van der Waals surface area (Å²) in [7, 11) is 0. The maximum absolute atomic E-state index is 12.6. The molecule has 1 aromatic carbocycles. The molecule has 21 heavy (non-hydrogen) atoms. The number of morpholine rings is 1. The third kappa shape index (κ3) is 3.63. The van der Waals surface area contributed by atoms with E-state index >= 15 is 0 Å². The van der Waals surface area contributed by atoms with Crippen LogP contribution in [0.15, 0.2) is 30.3 Å². The van der Waals surface area contributed by atoms with Gasteiger partial charge < -0.3 is 15.0 Å². The molecule has 0 aliphatic carbocycles. The van der Waals surface area contributed by atoms with Crippen LogP contribution in [0.5, 0.6) is 0 Å². The second-order valence-electron chi connectivity index (χ2n) is 5.92. The summed E-state index contributed by atoms with van der Waals surface area (Å²) in [5.74, 6) is 0.546. The number of hydrogen-bond acceptors (Lipinski definition) is 3. The van der Waals surface area contributed by atoms with E-state index in [4.69, 9.17) is 4.74 Å². The van der Waals surface area contributed by atoms with Gasteiger partial charge in [0.25, 0.3) is 0 Å². The van der Waals surface area contributed by atoms with Crippen LogP contribution < -0.4 is 5.32 Å². The molecule has 0 spiro atoms. The second kappa shape index (κ2) is 7.05. The zero-order valence-corrected chi connectivity index (χ0v) is 12.5. The van der Waals surface area contributed by atoms with Gasteiger partial charge in [-0.25, -0.2) is 0 Å². The van der Waals surface area contributed by atoms with Crippen molar-refractivity contribution in [3.63, 3.8) is 0 Å². The predicted molar refractivity (Wildman–Crippen MR) is 82.2 cm³/mol. The van der Waals surface area contributed by atoms with E-state index in [1.165, 1.54) is 12.0 Å². The second-order valence-corrected chi connectivity index (χ2v) is 5.92. The molecule has 2 aliphatic rings. The minimum atomic E-state index is 0.265. The smallest absolute Gasteiger partial charge is 0.223 e. The predicted octanol–water partition coefficient (Wildman–Crippen LogP) is 1.77. The first-order valence-corrected chi connectivity index (χ1v) is 7.98. The first kappa shape index (κ1) is 14.5. The molecule has 2 saturated heterocycles. The number of nitrogens with zero attached hydrogens (tertiary/aromatic N) is 1. The third-order valence-electron chi connectivity index (χ3n) is 4.57. The lowest BCUT2D eigenvalue weighted by Crippen LogP contribution is -2.42. The first-order chi connectivity index (χ1) is 10.3. The minimum absolute atomic E-state index is 0.265. The Kier molecular flexibility index (Phi) is 4.88.